The molecule has 0 radical (unpaired) electrons. The largest absolute Gasteiger partial charge is 0.496 e. The summed E-state index contributed by atoms with van der Waals surface area (Å²) in [5, 5.41) is 0. The van der Waals surface area contributed by atoms with Gasteiger partial charge in [0, 0.05) is 0 Å². The monoisotopic (exact) mass is 188 g/mol. The van der Waals surface area contributed by atoms with Gasteiger partial charge in [0.1, 0.15) is 5.75 Å². The van der Waals surface area contributed by atoms with Gasteiger partial charge in [-0.2, -0.15) is 0 Å². The van der Waals surface area contributed by atoms with Crippen LogP contribution in [-0.4, -0.2) is 7.11 Å². The second kappa shape index (κ2) is 4.66. The van der Waals surface area contributed by atoms with Gasteiger partial charge in [-0.1, -0.05) is 30.4 Å². The fourth-order valence-electron chi connectivity index (χ4n) is 1.24. The number of allylic oxidation sites excluding steroid dienone is 2. The van der Waals surface area contributed by atoms with Gasteiger partial charge < -0.3 is 4.74 Å². The van der Waals surface area contributed by atoms with Crippen LogP contribution < -0.4 is 4.74 Å². The number of methoxy groups -OCH3 is 1. The molecule has 0 aliphatic heterocycles. The molecule has 0 saturated carbocycles. The Morgan fingerprint density at radius 1 is 1.43 bits per heavy atom. The fourth-order valence-corrected chi connectivity index (χ4v) is 1.24. The lowest BCUT2D eigenvalue weighted by atomic mass is 10.1. The van der Waals surface area contributed by atoms with E-state index in [1.807, 2.05) is 32.1 Å². The van der Waals surface area contributed by atoms with E-state index >= 15 is 0 Å². The first-order valence-corrected chi connectivity index (χ1v) is 4.61. The third-order valence-electron chi connectivity index (χ3n) is 1.98. The molecule has 0 fully saturated rings. The van der Waals surface area contributed by atoms with Crippen LogP contribution in [0.1, 0.15) is 18.1 Å². The van der Waals surface area contributed by atoms with E-state index in [4.69, 9.17) is 4.74 Å². The van der Waals surface area contributed by atoms with Crippen molar-refractivity contribution in [1.82, 2.24) is 0 Å². The van der Waals surface area contributed by atoms with E-state index in [0.29, 0.717) is 0 Å². The van der Waals surface area contributed by atoms with Crippen LogP contribution in [0.2, 0.25) is 0 Å². The lowest BCUT2D eigenvalue weighted by Gasteiger charge is -2.04. The minimum atomic E-state index is 0.928. The zero-order chi connectivity index (χ0) is 10.6. The highest BCUT2D eigenvalue weighted by Crippen LogP contribution is 2.19. The number of hydrogen-bond acceptors (Lipinski definition) is 1. The van der Waals surface area contributed by atoms with Crippen molar-refractivity contribution in [3.8, 4) is 5.75 Å². The van der Waals surface area contributed by atoms with Crippen molar-refractivity contribution in [3.05, 3.63) is 47.6 Å². The quantitative estimate of drug-likeness (QED) is 0.659. The van der Waals surface area contributed by atoms with Gasteiger partial charge in [-0.15, -0.1) is 0 Å². The number of ether oxygens (including phenoxy) is 1. The molecule has 14 heavy (non-hydrogen) atoms. The maximum atomic E-state index is 5.18. The van der Waals surface area contributed by atoms with Crippen molar-refractivity contribution < 1.29 is 4.74 Å². The molecule has 1 heteroatoms. The summed E-state index contributed by atoms with van der Waals surface area (Å²) in [5.41, 5.74) is 3.38. The Morgan fingerprint density at radius 2 is 2.14 bits per heavy atom. The average molecular weight is 188 g/mol. The van der Waals surface area contributed by atoms with Crippen LogP contribution in [0, 0.1) is 6.92 Å². The molecule has 1 nitrogen and oxygen atoms in total. The minimum absolute atomic E-state index is 0.928. The van der Waals surface area contributed by atoms with E-state index in [0.717, 1.165) is 16.9 Å². The molecule has 0 heterocycles. The van der Waals surface area contributed by atoms with Crippen molar-refractivity contribution >= 4 is 6.08 Å². The zero-order valence-corrected chi connectivity index (χ0v) is 9.00. The summed E-state index contributed by atoms with van der Waals surface area (Å²) in [6.45, 7) is 7.83. The third kappa shape index (κ3) is 2.77. The Kier molecular flexibility index (Phi) is 3.52. The van der Waals surface area contributed by atoms with E-state index in [2.05, 4.69) is 18.7 Å². The van der Waals surface area contributed by atoms with Crippen LogP contribution in [0.25, 0.3) is 6.08 Å². The Morgan fingerprint density at radius 3 is 2.64 bits per heavy atom. The third-order valence-corrected chi connectivity index (χ3v) is 1.98. The predicted octanol–water partition coefficient (Wildman–Crippen LogP) is 3.59. The molecule has 0 aliphatic rings. The maximum Gasteiger partial charge on any atom is 0.121 e. The molecule has 0 saturated heterocycles. The molecule has 0 unspecified atom stereocenters. The van der Waals surface area contributed by atoms with Gasteiger partial charge in [-0.25, -0.2) is 0 Å². The van der Waals surface area contributed by atoms with Crippen LogP contribution in [0.4, 0.5) is 0 Å². The molecule has 1 aromatic rings. The highest BCUT2D eigenvalue weighted by molar-refractivity contribution is 5.55. The van der Waals surface area contributed by atoms with Crippen molar-refractivity contribution in [2.75, 3.05) is 7.11 Å². The van der Waals surface area contributed by atoms with Gasteiger partial charge in [0.15, 0.2) is 0 Å². The molecule has 0 amide bonds. The van der Waals surface area contributed by atoms with E-state index in [9.17, 15) is 0 Å². The van der Waals surface area contributed by atoms with E-state index < -0.39 is 0 Å². The molecule has 0 bridgehead atoms. The van der Waals surface area contributed by atoms with Gasteiger partial charge in [0.05, 0.1) is 7.11 Å². The van der Waals surface area contributed by atoms with Crippen LogP contribution in [0.15, 0.2) is 36.4 Å². The molecule has 0 aliphatic carbocycles. The average Bonchev–Trinajstić information content (AvgIpc) is 2.15. The predicted molar refractivity (Wildman–Crippen MR) is 61.6 cm³/mol. The topological polar surface area (TPSA) is 9.23 Å². The van der Waals surface area contributed by atoms with Crippen LogP contribution in [0.5, 0.6) is 5.75 Å². The molecular weight excluding hydrogens is 172 g/mol. The first kappa shape index (κ1) is 10.6. The van der Waals surface area contributed by atoms with E-state index in [-0.39, 0.29) is 0 Å². The maximum absolute atomic E-state index is 5.18. The molecule has 1 aromatic carbocycles. The highest BCUT2D eigenvalue weighted by Gasteiger charge is 1.96. The summed E-state index contributed by atoms with van der Waals surface area (Å²) >= 11 is 0. The second-order valence-corrected chi connectivity index (χ2v) is 3.41. The second-order valence-electron chi connectivity index (χ2n) is 3.41. The SMILES string of the molecule is C=C(C)/C=C/c1ccc(OC)c(C)c1. The summed E-state index contributed by atoms with van der Waals surface area (Å²) in [4.78, 5) is 0. The molecule has 0 atom stereocenters. The first-order chi connectivity index (χ1) is 6.63. The lowest BCUT2D eigenvalue weighted by molar-refractivity contribution is 0.411. The summed E-state index contributed by atoms with van der Waals surface area (Å²) in [5.74, 6) is 0.928. The summed E-state index contributed by atoms with van der Waals surface area (Å²) in [6.07, 6.45) is 4.05. The lowest BCUT2D eigenvalue weighted by Crippen LogP contribution is -1.86. The summed E-state index contributed by atoms with van der Waals surface area (Å²) in [7, 11) is 1.69. The van der Waals surface area contributed by atoms with E-state index in [1.165, 1.54) is 5.56 Å². The number of rotatable bonds is 3. The molecule has 0 N–H and O–H groups in total. The van der Waals surface area contributed by atoms with Crippen molar-refractivity contribution in [2.45, 2.75) is 13.8 Å². The number of benzene rings is 1. The van der Waals surface area contributed by atoms with Crippen molar-refractivity contribution in [2.24, 2.45) is 0 Å². The van der Waals surface area contributed by atoms with Gasteiger partial charge >= 0.3 is 0 Å². The minimum Gasteiger partial charge on any atom is -0.496 e. The molecule has 0 aromatic heterocycles. The highest BCUT2D eigenvalue weighted by atomic mass is 16.5. The first-order valence-electron chi connectivity index (χ1n) is 4.61. The molecule has 1 rings (SSSR count). The van der Waals surface area contributed by atoms with Crippen LogP contribution in [-0.2, 0) is 0 Å². The van der Waals surface area contributed by atoms with E-state index in [1.54, 1.807) is 7.11 Å². The van der Waals surface area contributed by atoms with Gasteiger partial charge in [-0.05, 0) is 37.1 Å². The molecule has 74 valence electrons. The van der Waals surface area contributed by atoms with Crippen molar-refractivity contribution in [1.29, 1.82) is 0 Å². The summed E-state index contributed by atoms with van der Waals surface area (Å²) < 4.78 is 5.18. The smallest absolute Gasteiger partial charge is 0.121 e. The normalized spacial score (nSPS) is 10.5. The zero-order valence-electron chi connectivity index (χ0n) is 9.00. The van der Waals surface area contributed by atoms with Crippen LogP contribution >= 0.6 is 0 Å². The molecular formula is C13H16O. The van der Waals surface area contributed by atoms with Gasteiger partial charge in [0.2, 0.25) is 0 Å². The Balaban J connectivity index is 2.91. The summed E-state index contributed by atoms with van der Waals surface area (Å²) in [6, 6.07) is 6.11. The van der Waals surface area contributed by atoms with Gasteiger partial charge in [-0.3, -0.25) is 0 Å². The fraction of sp³-hybridized carbons (Fsp3) is 0.231. The van der Waals surface area contributed by atoms with Gasteiger partial charge in [0.25, 0.3) is 0 Å². The standard InChI is InChI=1S/C13H16O/c1-10(2)5-6-12-7-8-13(14-4)11(3)9-12/h5-9H,1H2,2-4H3/b6-5+. The van der Waals surface area contributed by atoms with Crippen LogP contribution in [0.3, 0.4) is 0 Å². The number of aryl methyl sites for hydroxylation is 1. The Bertz CT molecular complexity index is 361. The van der Waals surface area contributed by atoms with Crippen molar-refractivity contribution in [3.63, 3.8) is 0 Å². The Hall–Kier alpha value is -1.50. The molecule has 0 spiro atoms. The number of hydrogen-bond donors (Lipinski definition) is 0. The Labute approximate surface area is 85.7 Å².